The fourth-order valence-electron chi connectivity index (χ4n) is 1.53. The van der Waals surface area contributed by atoms with E-state index in [0.29, 0.717) is 11.4 Å². The van der Waals surface area contributed by atoms with Crippen LogP contribution < -0.4 is 11.2 Å². The van der Waals surface area contributed by atoms with Crippen LogP contribution in [-0.4, -0.2) is 41.1 Å². The van der Waals surface area contributed by atoms with Crippen molar-refractivity contribution in [3.05, 3.63) is 44.5 Å². The van der Waals surface area contributed by atoms with E-state index >= 15 is 0 Å². The molecule has 0 bridgehead atoms. The molecule has 11 nitrogen and oxygen atoms in total. The van der Waals surface area contributed by atoms with Crippen LogP contribution in [0.2, 0.25) is 0 Å². The van der Waals surface area contributed by atoms with E-state index in [1.54, 1.807) is 0 Å². The topological polar surface area (TPSA) is 163 Å². The van der Waals surface area contributed by atoms with Crippen molar-refractivity contribution in [3.8, 4) is 0 Å². The minimum atomic E-state index is -4.22. The molecule has 0 aliphatic rings. The van der Waals surface area contributed by atoms with Gasteiger partial charge in [-0.15, -0.1) is 5.10 Å². The van der Waals surface area contributed by atoms with Gasteiger partial charge in [0.1, 0.15) is 12.0 Å². The molecule has 0 fully saturated rings. The van der Waals surface area contributed by atoms with Gasteiger partial charge in [0, 0.05) is 11.8 Å². The number of aromatic amines is 2. The molecule has 0 unspecified atom stereocenters. The third-order valence-corrected chi connectivity index (χ3v) is 2.76. The maximum absolute atomic E-state index is 11.1. The molecular weight excluding hydrogens is 305 g/mol. The number of hydrogen-bond acceptors (Lipinski definition) is 6. The predicted molar refractivity (Wildman–Crippen MR) is 68.5 cm³/mol. The number of nitrogens with zero attached hydrogens (tertiary/aromatic N) is 3. The molecule has 2 heterocycles. The number of nitrogens with one attached hydrogen (secondary N) is 2. The SMILES string of the molecule is O=c1cc(Cn2cc(COCP(=O)(O)O)nn2)[nH]c(=O)[nH]1. The van der Waals surface area contributed by atoms with Crippen molar-refractivity contribution in [2.24, 2.45) is 0 Å². The van der Waals surface area contributed by atoms with Gasteiger partial charge in [-0.2, -0.15) is 0 Å². The van der Waals surface area contributed by atoms with E-state index in [4.69, 9.17) is 14.5 Å². The van der Waals surface area contributed by atoms with Crippen molar-refractivity contribution >= 4 is 7.60 Å². The molecule has 0 saturated heterocycles. The van der Waals surface area contributed by atoms with Gasteiger partial charge in [-0.3, -0.25) is 14.3 Å². The Hall–Kier alpha value is -2.07. The van der Waals surface area contributed by atoms with Gasteiger partial charge in [0.2, 0.25) is 0 Å². The number of ether oxygens (including phenoxy) is 1. The summed E-state index contributed by atoms with van der Waals surface area (Å²) in [7, 11) is -4.22. The van der Waals surface area contributed by atoms with E-state index in [-0.39, 0.29) is 13.2 Å². The van der Waals surface area contributed by atoms with Crippen molar-refractivity contribution in [3.63, 3.8) is 0 Å². The van der Waals surface area contributed by atoms with Gasteiger partial charge >= 0.3 is 13.3 Å². The lowest BCUT2D eigenvalue weighted by Crippen LogP contribution is -2.23. The summed E-state index contributed by atoms with van der Waals surface area (Å²) in [6.45, 7) is 0.00164. The summed E-state index contributed by atoms with van der Waals surface area (Å²) in [4.78, 5) is 43.9. The Morgan fingerprint density at radius 3 is 2.76 bits per heavy atom. The molecular formula is C9H12N5O6P. The van der Waals surface area contributed by atoms with Crippen LogP contribution in [0, 0.1) is 0 Å². The predicted octanol–water partition coefficient (Wildman–Crippen LogP) is -1.65. The Morgan fingerprint density at radius 2 is 2.10 bits per heavy atom. The van der Waals surface area contributed by atoms with Gasteiger partial charge in [-0.25, -0.2) is 9.48 Å². The van der Waals surface area contributed by atoms with E-state index in [1.165, 1.54) is 16.9 Å². The summed E-state index contributed by atoms with van der Waals surface area (Å²) in [6.07, 6.45) is 0.764. The molecule has 4 N–H and O–H groups in total. The second kappa shape index (κ2) is 6.14. The lowest BCUT2D eigenvalue weighted by molar-refractivity contribution is 0.142. The number of rotatable bonds is 6. The highest BCUT2D eigenvalue weighted by molar-refractivity contribution is 7.51. The van der Waals surface area contributed by atoms with Crippen LogP contribution >= 0.6 is 7.60 Å². The normalized spacial score (nSPS) is 11.7. The van der Waals surface area contributed by atoms with Crippen molar-refractivity contribution < 1.29 is 19.1 Å². The van der Waals surface area contributed by atoms with Crippen LogP contribution in [0.1, 0.15) is 11.4 Å². The fourth-order valence-corrected chi connectivity index (χ4v) is 1.86. The molecule has 0 aliphatic heterocycles. The Labute approximate surface area is 116 Å². The molecule has 0 aromatic carbocycles. The summed E-state index contributed by atoms with van der Waals surface area (Å²) in [5.74, 6) is 0. The Balaban J connectivity index is 1.98. The van der Waals surface area contributed by atoms with Crippen molar-refractivity contribution in [2.75, 3.05) is 6.35 Å². The maximum atomic E-state index is 11.1. The lowest BCUT2D eigenvalue weighted by Gasteiger charge is -2.03. The summed E-state index contributed by atoms with van der Waals surface area (Å²) < 4.78 is 16.7. The summed E-state index contributed by atoms with van der Waals surface area (Å²) >= 11 is 0. The van der Waals surface area contributed by atoms with Crippen molar-refractivity contribution in [1.82, 2.24) is 25.0 Å². The molecule has 21 heavy (non-hydrogen) atoms. The van der Waals surface area contributed by atoms with Gasteiger partial charge in [0.05, 0.1) is 19.3 Å². The van der Waals surface area contributed by atoms with Crippen LogP contribution in [0.3, 0.4) is 0 Å². The Kier molecular flexibility index (Phi) is 4.48. The zero-order valence-corrected chi connectivity index (χ0v) is 11.5. The number of hydrogen-bond donors (Lipinski definition) is 4. The van der Waals surface area contributed by atoms with Gasteiger partial charge in [0.25, 0.3) is 5.56 Å². The third kappa shape index (κ3) is 5.08. The minimum Gasteiger partial charge on any atom is -0.362 e. The second-order valence-electron chi connectivity index (χ2n) is 4.16. The van der Waals surface area contributed by atoms with Crippen LogP contribution in [0.4, 0.5) is 0 Å². The summed E-state index contributed by atoms with van der Waals surface area (Å²) in [5, 5.41) is 7.48. The van der Waals surface area contributed by atoms with E-state index in [2.05, 4.69) is 15.3 Å². The van der Waals surface area contributed by atoms with Gasteiger partial charge in [0.15, 0.2) is 0 Å². The fraction of sp³-hybridized carbons (Fsp3) is 0.333. The lowest BCUT2D eigenvalue weighted by atomic mass is 10.4. The highest BCUT2D eigenvalue weighted by Crippen LogP contribution is 2.34. The molecule has 114 valence electrons. The number of H-pyrrole nitrogens is 2. The molecule has 2 rings (SSSR count). The zero-order valence-electron chi connectivity index (χ0n) is 10.6. The largest absolute Gasteiger partial charge is 0.362 e. The third-order valence-electron chi connectivity index (χ3n) is 2.24. The molecule has 2 aromatic heterocycles. The first-order valence-electron chi connectivity index (χ1n) is 5.66. The highest BCUT2D eigenvalue weighted by Gasteiger charge is 2.13. The minimum absolute atomic E-state index is 0.114. The Morgan fingerprint density at radius 1 is 1.33 bits per heavy atom. The van der Waals surface area contributed by atoms with Crippen LogP contribution in [0.15, 0.2) is 21.9 Å². The molecule has 12 heteroatoms. The molecule has 0 saturated carbocycles. The first-order chi connectivity index (χ1) is 9.82. The van der Waals surface area contributed by atoms with Crippen LogP contribution in [0.5, 0.6) is 0 Å². The second-order valence-corrected chi connectivity index (χ2v) is 5.75. The van der Waals surface area contributed by atoms with Crippen molar-refractivity contribution in [1.29, 1.82) is 0 Å². The quantitative estimate of drug-likeness (QED) is 0.460. The summed E-state index contributed by atoms with van der Waals surface area (Å²) in [6, 6.07) is 1.22. The van der Waals surface area contributed by atoms with E-state index < -0.39 is 25.2 Å². The highest BCUT2D eigenvalue weighted by atomic mass is 31.2. The van der Waals surface area contributed by atoms with E-state index in [1.807, 2.05) is 4.98 Å². The first-order valence-corrected chi connectivity index (χ1v) is 7.45. The zero-order chi connectivity index (χ0) is 15.5. The maximum Gasteiger partial charge on any atom is 0.350 e. The van der Waals surface area contributed by atoms with E-state index in [0.717, 1.165) is 0 Å². The van der Waals surface area contributed by atoms with Gasteiger partial charge < -0.3 is 19.5 Å². The van der Waals surface area contributed by atoms with Crippen LogP contribution in [-0.2, 0) is 22.5 Å². The standard InChI is InChI=1S/C9H12N5O6P/c15-8-1-6(10-9(16)11-8)2-14-3-7(12-13-14)4-20-5-21(17,18)19/h1,3H,2,4-5H2,(H2,17,18,19)(H2,10,11,15,16). The molecule has 0 spiro atoms. The molecule has 0 aliphatic carbocycles. The van der Waals surface area contributed by atoms with Gasteiger partial charge in [-0.1, -0.05) is 5.21 Å². The van der Waals surface area contributed by atoms with E-state index in [9.17, 15) is 14.2 Å². The molecule has 0 amide bonds. The molecule has 0 radical (unpaired) electrons. The molecule has 2 aromatic rings. The van der Waals surface area contributed by atoms with Crippen LogP contribution in [0.25, 0.3) is 0 Å². The smallest absolute Gasteiger partial charge is 0.350 e. The first kappa shape index (κ1) is 15.3. The average Bonchev–Trinajstić information content (AvgIpc) is 2.73. The Bertz CT molecular complexity index is 745. The van der Waals surface area contributed by atoms with Crippen molar-refractivity contribution in [2.45, 2.75) is 13.2 Å². The summed E-state index contributed by atoms with van der Waals surface area (Å²) in [5.41, 5.74) is -0.450. The average molecular weight is 317 g/mol. The van der Waals surface area contributed by atoms with Gasteiger partial charge in [-0.05, 0) is 0 Å². The monoisotopic (exact) mass is 317 g/mol. The number of aromatic nitrogens is 5. The molecule has 0 atom stereocenters.